The van der Waals surface area contributed by atoms with Crippen molar-refractivity contribution >= 4 is 11.6 Å². The van der Waals surface area contributed by atoms with Gasteiger partial charge in [-0.05, 0) is 41.9 Å². The molecule has 0 aliphatic heterocycles. The molecule has 1 unspecified atom stereocenters. The molecule has 0 saturated heterocycles. The third kappa shape index (κ3) is 5.43. The lowest BCUT2D eigenvalue weighted by molar-refractivity contribution is 0.0690. The van der Waals surface area contributed by atoms with Gasteiger partial charge in [0.05, 0.1) is 6.61 Å². The fraction of sp³-hybridized carbons (Fsp3) is 0.476. The maximum absolute atomic E-state index is 12.1. The van der Waals surface area contributed by atoms with Gasteiger partial charge in [0, 0.05) is 23.5 Å². The third-order valence-corrected chi connectivity index (χ3v) is 5.18. The van der Waals surface area contributed by atoms with E-state index in [1.807, 2.05) is 12.1 Å². The van der Waals surface area contributed by atoms with Gasteiger partial charge in [-0.15, -0.1) is 0 Å². The molecule has 1 aromatic carbocycles. The molecule has 4 nitrogen and oxygen atoms in total. The van der Waals surface area contributed by atoms with Crippen LogP contribution in [0.25, 0.3) is 5.70 Å². The molecule has 0 radical (unpaired) electrons. The van der Waals surface area contributed by atoms with Gasteiger partial charge in [-0.2, -0.15) is 0 Å². The largest absolute Gasteiger partial charge is 0.385 e. The number of carbonyl (C=O) groups excluding carboxylic acids is 1. The van der Waals surface area contributed by atoms with E-state index in [4.69, 9.17) is 0 Å². The van der Waals surface area contributed by atoms with Gasteiger partial charge < -0.3 is 15.4 Å². The first-order valence-corrected chi connectivity index (χ1v) is 8.99. The van der Waals surface area contributed by atoms with Crippen LogP contribution < -0.4 is 10.6 Å². The maximum atomic E-state index is 12.1. The highest BCUT2D eigenvalue weighted by molar-refractivity contribution is 5.95. The number of rotatable bonds is 9. The molecule has 0 spiro atoms. The van der Waals surface area contributed by atoms with Crippen molar-refractivity contribution in [2.75, 3.05) is 20.0 Å². The van der Waals surface area contributed by atoms with Gasteiger partial charge in [0.2, 0.25) is 0 Å². The molecule has 1 aliphatic rings. The van der Waals surface area contributed by atoms with Crippen LogP contribution in [-0.2, 0) is 4.74 Å². The average molecular weight is 360 g/mol. The minimum absolute atomic E-state index is 0.0431. The second kappa shape index (κ2) is 8.99. The third-order valence-electron chi connectivity index (χ3n) is 5.18. The summed E-state index contributed by atoms with van der Waals surface area (Å²) in [4.78, 5) is 12.1. The molecule has 0 aromatic heterocycles. The molecule has 1 atom stereocenters. The van der Waals surface area contributed by atoms with Crippen molar-refractivity contribution in [2.24, 2.45) is 11.3 Å². The fourth-order valence-corrected chi connectivity index (χ4v) is 3.38. The molecule has 0 heterocycles. The Balaban J connectivity index is 1.87. The standard InChI is InChI=1S/C21H29FN2O2/c1-15(13-26-14-22)24-20(25)18-9-7-17(8-10-18)16(2)23-12-19-6-5-11-21(19,3)4/h7-10,19,23H,1-2,5-6,11-14H2,3-4H3,(H,24,25). The van der Waals surface area contributed by atoms with Crippen LogP contribution in [0.15, 0.2) is 43.1 Å². The van der Waals surface area contributed by atoms with Crippen LogP contribution in [-0.4, -0.2) is 25.9 Å². The van der Waals surface area contributed by atoms with E-state index >= 15 is 0 Å². The molecule has 142 valence electrons. The molecule has 2 rings (SSSR count). The van der Waals surface area contributed by atoms with Crippen molar-refractivity contribution in [3.05, 3.63) is 54.2 Å². The maximum Gasteiger partial charge on any atom is 0.255 e. The summed E-state index contributed by atoms with van der Waals surface area (Å²) in [7, 11) is 0. The van der Waals surface area contributed by atoms with E-state index in [9.17, 15) is 9.18 Å². The summed E-state index contributed by atoms with van der Waals surface area (Å²) in [5.41, 5.74) is 3.02. The lowest BCUT2D eigenvalue weighted by Gasteiger charge is -2.28. The highest BCUT2D eigenvalue weighted by atomic mass is 19.1. The van der Waals surface area contributed by atoms with Crippen LogP contribution in [0, 0.1) is 11.3 Å². The number of carbonyl (C=O) groups is 1. The van der Waals surface area contributed by atoms with Gasteiger partial charge in [0.15, 0.2) is 6.86 Å². The van der Waals surface area contributed by atoms with Gasteiger partial charge in [-0.25, -0.2) is 4.39 Å². The zero-order valence-corrected chi connectivity index (χ0v) is 15.7. The van der Waals surface area contributed by atoms with Gasteiger partial charge in [0.1, 0.15) is 0 Å². The summed E-state index contributed by atoms with van der Waals surface area (Å²) in [6, 6.07) is 7.20. The predicted molar refractivity (Wildman–Crippen MR) is 103 cm³/mol. The zero-order chi connectivity index (χ0) is 19.2. The smallest absolute Gasteiger partial charge is 0.255 e. The highest BCUT2D eigenvalue weighted by Crippen LogP contribution is 2.42. The monoisotopic (exact) mass is 360 g/mol. The molecular formula is C21H29FN2O2. The normalized spacial score (nSPS) is 18.3. The van der Waals surface area contributed by atoms with Crippen molar-refractivity contribution in [3.8, 4) is 0 Å². The Morgan fingerprint density at radius 2 is 1.92 bits per heavy atom. The first-order valence-electron chi connectivity index (χ1n) is 8.99. The van der Waals surface area contributed by atoms with Crippen LogP contribution in [0.2, 0.25) is 0 Å². The van der Waals surface area contributed by atoms with Crippen molar-refractivity contribution in [3.63, 3.8) is 0 Å². The number of benzene rings is 1. The van der Waals surface area contributed by atoms with Crippen LogP contribution in [0.4, 0.5) is 4.39 Å². The second-order valence-electron chi connectivity index (χ2n) is 7.53. The Morgan fingerprint density at radius 1 is 1.27 bits per heavy atom. The number of halogens is 1. The van der Waals surface area contributed by atoms with E-state index in [0.717, 1.165) is 17.8 Å². The molecule has 2 N–H and O–H groups in total. The Bertz CT molecular complexity index is 652. The van der Waals surface area contributed by atoms with E-state index in [0.29, 0.717) is 22.6 Å². The first-order chi connectivity index (χ1) is 12.3. The molecule has 1 aromatic rings. The summed E-state index contributed by atoms with van der Waals surface area (Å²) < 4.78 is 16.5. The lowest BCUT2D eigenvalue weighted by atomic mass is 9.82. The number of hydrogen-bond donors (Lipinski definition) is 2. The zero-order valence-electron chi connectivity index (χ0n) is 15.7. The van der Waals surface area contributed by atoms with Crippen LogP contribution in [0.3, 0.4) is 0 Å². The summed E-state index contributed by atoms with van der Waals surface area (Å²) >= 11 is 0. The fourth-order valence-electron chi connectivity index (χ4n) is 3.38. The van der Waals surface area contributed by atoms with Crippen LogP contribution >= 0.6 is 0 Å². The van der Waals surface area contributed by atoms with Gasteiger partial charge >= 0.3 is 0 Å². The summed E-state index contributed by atoms with van der Waals surface area (Å²) in [6.07, 6.45) is 3.82. The first kappa shape index (κ1) is 20.2. The van der Waals surface area contributed by atoms with Crippen molar-refractivity contribution < 1.29 is 13.9 Å². The molecule has 5 heteroatoms. The minimum atomic E-state index is -0.906. The molecule has 0 bridgehead atoms. The number of amides is 1. The van der Waals surface area contributed by atoms with E-state index < -0.39 is 6.86 Å². The van der Waals surface area contributed by atoms with E-state index in [2.05, 4.69) is 42.4 Å². The van der Waals surface area contributed by atoms with Gasteiger partial charge in [-0.1, -0.05) is 45.6 Å². The van der Waals surface area contributed by atoms with Crippen LogP contribution in [0.1, 0.15) is 49.0 Å². The Kier molecular flexibility index (Phi) is 6.98. The lowest BCUT2D eigenvalue weighted by Crippen LogP contribution is -2.28. The average Bonchev–Trinajstić information content (AvgIpc) is 2.96. The number of ether oxygens (including phenoxy) is 1. The Labute approximate surface area is 155 Å². The van der Waals surface area contributed by atoms with Crippen LogP contribution in [0.5, 0.6) is 0 Å². The van der Waals surface area contributed by atoms with E-state index in [1.54, 1.807) is 12.1 Å². The second-order valence-corrected chi connectivity index (χ2v) is 7.53. The van der Waals surface area contributed by atoms with Gasteiger partial charge in [-0.3, -0.25) is 4.79 Å². The molecule has 1 saturated carbocycles. The Morgan fingerprint density at radius 3 is 2.50 bits per heavy atom. The summed E-state index contributed by atoms with van der Waals surface area (Å²) in [6.45, 7) is 12.4. The topological polar surface area (TPSA) is 50.4 Å². The molecule has 26 heavy (non-hydrogen) atoms. The number of alkyl halides is 1. The Hall–Kier alpha value is -2.14. The summed E-state index contributed by atoms with van der Waals surface area (Å²) in [5.74, 6) is 0.358. The number of hydrogen-bond acceptors (Lipinski definition) is 3. The molecule has 1 amide bonds. The van der Waals surface area contributed by atoms with Crippen molar-refractivity contribution in [1.82, 2.24) is 10.6 Å². The van der Waals surface area contributed by atoms with Gasteiger partial charge in [0.25, 0.3) is 5.91 Å². The SMILES string of the molecule is C=C(COCF)NC(=O)c1ccc(C(=C)NCC2CCCC2(C)C)cc1. The van der Waals surface area contributed by atoms with E-state index in [1.165, 1.54) is 19.3 Å². The molecule has 1 fully saturated rings. The highest BCUT2D eigenvalue weighted by Gasteiger charge is 2.33. The predicted octanol–water partition coefficient (Wildman–Crippen LogP) is 4.26. The summed E-state index contributed by atoms with van der Waals surface area (Å²) in [5, 5.41) is 6.03. The van der Waals surface area contributed by atoms with Crippen molar-refractivity contribution in [2.45, 2.75) is 33.1 Å². The number of nitrogens with one attached hydrogen (secondary N) is 2. The molecule has 1 aliphatic carbocycles. The minimum Gasteiger partial charge on any atom is -0.385 e. The van der Waals surface area contributed by atoms with E-state index in [-0.39, 0.29) is 12.5 Å². The molecular weight excluding hydrogens is 331 g/mol. The van der Waals surface area contributed by atoms with Crippen molar-refractivity contribution in [1.29, 1.82) is 0 Å². The quantitative estimate of drug-likeness (QED) is 0.692.